The lowest BCUT2D eigenvalue weighted by atomic mass is 10.3. The molecule has 158 valence electrons. The van der Waals surface area contributed by atoms with E-state index in [0.29, 0.717) is 11.6 Å². The number of benzene rings is 2. The van der Waals surface area contributed by atoms with Gasteiger partial charge >= 0.3 is 0 Å². The Labute approximate surface area is 188 Å². The predicted octanol–water partition coefficient (Wildman–Crippen LogP) is 5.10. The van der Waals surface area contributed by atoms with Crippen molar-refractivity contribution in [3.8, 4) is 0 Å². The summed E-state index contributed by atoms with van der Waals surface area (Å²) in [6.45, 7) is 0.0739. The van der Waals surface area contributed by atoms with Crippen molar-refractivity contribution in [3.63, 3.8) is 0 Å². The molecule has 1 aromatic heterocycles. The van der Waals surface area contributed by atoms with Crippen LogP contribution in [0.1, 0.15) is 11.3 Å². The number of anilines is 1. The van der Waals surface area contributed by atoms with Crippen LogP contribution in [0.2, 0.25) is 10.0 Å². The average molecular weight is 487 g/mol. The van der Waals surface area contributed by atoms with E-state index in [9.17, 15) is 17.6 Å². The van der Waals surface area contributed by atoms with Crippen LogP contribution in [0.4, 0.5) is 10.1 Å². The highest BCUT2D eigenvalue weighted by Crippen LogP contribution is 2.29. The smallest absolute Gasteiger partial charge is 0.264 e. The van der Waals surface area contributed by atoms with Gasteiger partial charge in [0.1, 0.15) is 5.82 Å². The zero-order chi connectivity index (χ0) is 21.7. The highest BCUT2D eigenvalue weighted by atomic mass is 35.5. The molecule has 3 rings (SSSR count). The van der Waals surface area contributed by atoms with Crippen molar-refractivity contribution in [1.82, 2.24) is 5.32 Å². The Bertz CT molecular complexity index is 1120. The number of carbonyl (C=O) groups is 1. The maximum atomic E-state index is 14.5. The fraction of sp³-hybridized carbons (Fsp3) is 0.150. The van der Waals surface area contributed by atoms with Crippen molar-refractivity contribution in [3.05, 3.63) is 80.7 Å². The normalized spacial score (nSPS) is 11.3. The third-order valence-corrected chi connectivity index (χ3v) is 7.35. The number of nitrogens with zero attached hydrogens (tertiary/aromatic N) is 1. The number of halogens is 3. The van der Waals surface area contributed by atoms with Gasteiger partial charge < -0.3 is 5.32 Å². The van der Waals surface area contributed by atoms with Gasteiger partial charge in [-0.15, -0.1) is 11.3 Å². The Kier molecular flexibility index (Phi) is 7.36. The summed E-state index contributed by atoms with van der Waals surface area (Å²) < 4.78 is 41.8. The summed E-state index contributed by atoms with van der Waals surface area (Å²) in [6, 6.07) is 12.9. The van der Waals surface area contributed by atoms with Crippen molar-refractivity contribution in [2.75, 3.05) is 10.8 Å². The molecule has 0 aliphatic carbocycles. The molecule has 0 unspecified atom stereocenters. The lowest BCUT2D eigenvalue weighted by Gasteiger charge is -2.25. The van der Waals surface area contributed by atoms with Crippen LogP contribution in [0.3, 0.4) is 0 Å². The lowest BCUT2D eigenvalue weighted by molar-refractivity contribution is -0.121. The Morgan fingerprint density at radius 3 is 2.43 bits per heavy atom. The average Bonchev–Trinajstić information content (AvgIpc) is 3.23. The fourth-order valence-electron chi connectivity index (χ4n) is 2.67. The number of amides is 1. The molecule has 1 N–H and O–H groups in total. The van der Waals surface area contributed by atoms with E-state index >= 15 is 0 Å². The van der Waals surface area contributed by atoms with E-state index in [1.807, 2.05) is 17.5 Å². The maximum absolute atomic E-state index is 14.5. The molecule has 0 radical (unpaired) electrons. The molecule has 30 heavy (non-hydrogen) atoms. The zero-order valence-electron chi connectivity index (χ0n) is 15.5. The maximum Gasteiger partial charge on any atom is 0.264 e. The highest BCUT2D eigenvalue weighted by Gasteiger charge is 2.28. The third-order valence-electron chi connectivity index (χ3n) is 4.16. The molecule has 0 saturated carbocycles. The summed E-state index contributed by atoms with van der Waals surface area (Å²) in [5, 5.41) is 5.16. The van der Waals surface area contributed by atoms with E-state index in [2.05, 4.69) is 5.32 Å². The minimum atomic E-state index is -4.17. The van der Waals surface area contributed by atoms with Crippen molar-refractivity contribution < 1.29 is 17.6 Å². The van der Waals surface area contributed by atoms with E-state index in [1.165, 1.54) is 47.7 Å². The molecular formula is C20H17Cl2FN2O3S2. The minimum absolute atomic E-state index is 0.0785. The van der Waals surface area contributed by atoms with Gasteiger partial charge in [0.15, 0.2) is 0 Å². The number of carbonyl (C=O) groups excluding carboxylic acids is 1. The summed E-state index contributed by atoms with van der Waals surface area (Å²) in [5.74, 6) is -1.13. The van der Waals surface area contributed by atoms with Gasteiger partial charge in [-0.05, 0) is 53.9 Å². The van der Waals surface area contributed by atoms with E-state index in [1.54, 1.807) is 0 Å². The quantitative estimate of drug-likeness (QED) is 0.481. The molecule has 0 atom stereocenters. The monoisotopic (exact) mass is 486 g/mol. The molecule has 5 nitrogen and oxygen atoms in total. The van der Waals surface area contributed by atoms with Gasteiger partial charge in [-0.3, -0.25) is 9.10 Å². The molecule has 0 spiro atoms. The summed E-state index contributed by atoms with van der Waals surface area (Å²) in [4.78, 5) is 13.2. The Morgan fingerprint density at radius 1 is 1.07 bits per heavy atom. The van der Waals surface area contributed by atoms with Gasteiger partial charge in [0.05, 0.1) is 17.1 Å². The summed E-state index contributed by atoms with van der Waals surface area (Å²) in [6.07, 6.45) is -0.163. The summed E-state index contributed by atoms with van der Waals surface area (Å²) in [7, 11) is -4.17. The van der Waals surface area contributed by atoms with Crippen LogP contribution in [-0.4, -0.2) is 20.9 Å². The molecular weight excluding hydrogens is 470 g/mol. The van der Waals surface area contributed by atoms with E-state index in [4.69, 9.17) is 23.2 Å². The van der Waals surface area contributed by atoms with Crippen molar-refractivity contribution in [2.24, 2.45) is 0 Å². The molecule has 0 fully saturated rings. The topological polar surface area (TPSA) is 66.5 Å². The molecule has 1 heterocycles. The first-order chi connectivity index (χ1) is 14.3. The number of nitrogens with one attached hydrogen (secondary N) is 1. The van der Waals surface area contributed by atoms with Gasteiger partial charge in [0, 0.05) is 27.9 Å². The first-order valence-corrected chi connectivity index (χ1v) is 11.9. The Balaban J connectivity index is 1.85. The molecule has 0 bridgehead atoms. The summed E-state index contributed by atoms with van der Waals surface area (Å²) >= 11 is 13.3. The third kappa shape index (κ3) is 5.51. The van der Waals surface area contributed by atoms with Gasteiger partial charge in [0.25, 0.3) is 10.0 Å². The molecule has 0 aliphatic heterocycles. The van der Waals surface area contributed by atoms with Crippen molar-refractivity contribution >= 4 is 56.2 Å². The molecule has 3 aromatic rings. The van der Waals surface area contributed by atoms with Gasteiger partial charge in [-0.2, -0.15) is 0 Å². The largest absolute Gasteiger partial charge is 0.351 e. The number of hydrogen-bond acceptors (Lipinski definition) is 4. The van der Waals surface area contributed by atoms with Crippen LogP contribution < -0.4 is 9.62 Å². The zero-order valence-corrected chi connectivity index (χ0v) is 18.7. The van der Waals surface area contributed by atoms with Gasteiger partial charge in [-0.1, -0.05) is 29.3 Å². The fourth-order valence-corrected chi connectivity index (χ4v) is 5.07. The van der Waals surface area contributed by atoms with E-state index < -0.39 is 15.8 Å². The molecule has 2 aromatic carbocycles. The van der Waals surface area contributed by atoms with Gasteiger partial charge in [0.2, 0.25) is 5.91 Å². The van der Waals surface area contributed by atoms with Crippen LogP contribution in [-0.2, 0) is 21.4 Å². The van der Waals surface area contributed by atoms with Crippen LogP contribution >= 0.6 is 34.5 Å². The number of rotatable bonds is 8. The molecule has 1 amide bonds. The number of thiophene rings is 1. The van der Waals surface area contributed by atoms with Crippen LogP contribution in [0, 0.1) is 5.82 Å². The highest BCUT2D eigenvalue weighted by molar-refractivity contribution is 7.92. The van der Waals surface area contributed by atoms with Crippen LogP contribution in [0.15, 0.2) is 64.9 Å². The first kappa shape index (κ1) is 22.6. The van der Waals surface area contributed by atoms with Crippen molar-refractivity contribution in [1.29, 1.82) is 0 Å². The summed E-state index contributed by atoms with van der Waals surface area (Å²) in [5.41, 5.74) is -0.233. The molecule has 0 saturated heterocycles. The van der Waals surface area contributed by atoms with E-state index in [0.717, 1.165) is 15.2 Å². The second-order valence-electron chi connectivity index (χ2n) is 6.23. The van der Waals surface area contributed by atoms with Crippen LogP contribution in [0.5, 0.6) is 0 Å². The van der Waals surface area contributed by atoms with E-state index in [-0.39, 0.29) is 34.5 Å². The Hall–Kier alpha value is -2.13. The molecule has 10 heteroatoms. The number of sulfonamides is 1. The first-order valence-electron chi connectivity index (χ1n) is 8.80. The SMILES string of the molecule is O=C(CCN(c1cc(Cl)ccc1F)S(=O)(=O)c1ccc(Cl)cc1)NCc1cccs1. The Morgan fingerprint density at radius 2 is 1.77 bits per heavy atom. The van der Waals surface area contributed by atoms with Gasteiger partial charge in [-0.25, -0.2) is 12.8 Å². The molecule has 0 aliphatic rings. The lowest BCUT2D eigenvalue weighted by Crippen LogP contribution is -2.35. The van der Waals surface area contributed by atoms with Crippen LogP contribution in [0.25, 0.3) is 0 Å². The second kappa shape index (κ2) is 9.78. The standard InChI is InChI=1S/C20H17Cl2FN2O3S2/c21-14-3-6-17(7-4-14)30(27,28)25(19-12-15(22)5-8-18(19)23)10-9-20(26)24-13-16-2-1-11-29-16/h1-8,11-12H,9-10,13H2,(H,24,26). The predicted molar refractivity (Wildman–Crippen MR) is 118 cm³/mol. The van der Waals surface area contributed by atoms with Crippen molar-refractivity contribution in [2.45, 2.75) is 17.9 Å². The number of hydrogen-bond donors (Lipinski definition) is 1. The minimum Gasteiger partial charge on any atom is -0.351 e. The second-order valence-corrected chi connectivity index (χ2v) is 10.0.